The van der Waals surface area contributed by atoms with Crippen molar-refractivity contribution in [3.8, 4) is 0 Å². The zero-order valence-electron chi connectivity index (χ0n) is 22.0. The Morgan fingerprint density at radius 3 is 2.13 bits per heavy atom. The van der Waals surface area contributed by atoms with Gasteiger partial charge in [0.2, 0.25) is 11.8 Å². The minimum Gasteiger partial charge on any atom is -0.350 e. The zero-order valence-corrected chi connectivity index (χ0v) is 25.9. The molecule has 0 aliphatic rings. The molecule has 3 rings (SSSR count). The Morgan fingerprint density at radius 2 is 1.56 bits per heavy atom. The molecular formula is C28H30BrCl2N3O4S. The summed E-state index contributed by atoms with van der Waals surface area (Å²) >= 11 is 15.8. The lowest BCUT2D eigenvalue weighted by atomic mass is 10.1. The fourth-order valence-electron chi connectivity index (χ4n) is 3.82. The quantitative estimate of drug-likeness (QED) is 0.294. The molecule has 0 heterocycles. The van der Waals surface area contributed by atoms with E-state index in [1.165, 1.54) is 35.2 Å². The summed E-state index contributed by atoms with van der Waals surface area (Å²) < 4.78 is 29.4. The van der Waals surface area contributed by atoms with Gasteiger partial charge in [0, 0.05) is 26.6 Å². The van der Waals surface area contributed by atoms with Crippen LogP contribution >= 0.6 is 39.1 Å². The lowest BCUT2D eigenvalue weighted by molar-refractivity contribution is -0.140. The van der Waals surface area contributed by atoms with Gasteiger partial charge in [0.15, 0.2) is 0 Å². The topological polar surface area (TPSA) is 86.8 Å². The molecule has 0 bridgehead atoms. The minimum absolute atomic E-state index is 0.00837. The molecule has 0 aliphatic carbocycles. The Morgan fingerprint density at radius 1 is 0.949 bits per heavy atom. The summed E-state index contributed by atoms with van der Waals surface area (Å²) in [6, 6.07) is 18.5. The van der Waals surface area contributed by atoms with Crippen LogP contribution in [0.1, 0.15) is 33.3 Å². The van der Waals surface area contributed by atoms with E-state index in [9.17, 15) is 18.0 Å². The van der Waals surface area contributed by atoms with Crippen LogP contribution in [-0.4, -0.2) is 43.3 Å². The number of amides is 2. The number of sulfonamides is 1. The van der Waals surface area contributed by atoms with Crippen LogP contribution in [0.5, 0.6) is 0 Å². The van der Waals surface area contributed by atoms with Crippen LogP contribution in [-0.2, 0) is 26.2 Å². The Balaban J connectivity index is 2.06. The molecule has 3 aromatic rings. The molecule has 0 spiro atoms. The number of benzene rings is 3. The van der Waals surface area contributed by atoms with Gasteiger partial charge in [-0.1, -0.05) is 69.5 Å². The Labute approximate surface area is 248 Å². The van der Waals surface area contributed by atoms with Gasteiger partial charge < -0.3 is 10.2 Å². The first kappa shape index (κ1) is 30.9. The van der Waals surface area contributed by atoms with Crippen LogP contribution in [0.15, 0.2) is 82.2 Å². The predicted octanol–water partition coefficient (Wildman–Crippen LogP) is 6.28. The van der Waals surface area contributed by atoms with E-state index in [0.29, 0.717) is 0 Å². The summed E-state index contributed by atoms with van der Waals surface area (Å²) in [4.78, 5) is 28.4. The standard InChI is InChI=1S/C28H30BrCl2N3O4S/c1-19(27(36)32-28(2,3)4)33(17-20-9-8-10-21(29)13-20)26(35)18-34(24-15-22(30)14-23(31)16-24)39(37,38)25-11-6-5-7-12-25/h5-16,19H,17-18H2,1-4H3,(H,32,36). The first-order chi connectivity index (χ1) is 18.2. The lowest BCUT2D eigenvalue weighted by Gasteiger charge is -2.33. The molecule has 0 saturated carbocycles. The highest BCUT2D eigenvalue weighted by molar-refractivity contribution is 9.10. The van der Waals surface area contributed by atoms with Gasteiger partial charge in [-0.25, -0.2) is 8.42 Å². The summed E-state index contributed by atoms with van der Waals surface area (Å²) in [5, 5.41) is 3.32. The first-order valence-corrected chi connectivity index (χ1v) is 15.1. The maximum Gasteiger partial charge on any atom is 0.264 e. The molecule has 1 atom stereocenters. The summed E-state index contributed by atoms with van der Waals surface area (Å²) in [6.07, 6.45) is 0. The first-order valence-electron chi connectivity index (χ1n) is 12.1. The smallest absolute Gasteiger partial charge is 0.264 e. The van der Waals surface area contributed by atoms with Gasteiger partial charge >= 0.3 is 0 Å². The number of rotatable bonds is 9. The molecule has 7 nitrogen and oxygen atoms in total. The van der Waals surface area contributed by atoms with Gasteiger partial charge in [0.25, 0.3) is 10.0 Å². The molecule has 0 saturated heterocycles. The molecule has 0 aliphatic heterocycles. The highest BCUT2D eigenvalue weighted by Crippen LogP contribution is 2.30. The summed E-state index contributed by atoms with van der Waals surface area (Å²) in [7, 11) is -4.21. The molecule has 0 aromatic heterocycles. The van der Waals surface area contributed by atoms with Crippen molar-refractivity contribution in [2.45, 2.75) is 50.7 Å². The van der Waals surface area contributed by atoms with Crippen LogP contribution in [0.3, 0.4) is 0 Å². The van der Waals surface area contributed by atoms with Gasteiger partial charge in [0.05, 0.1) is 10.6 Å². The molecule has 0 fully saturated rings. The predicted molar refractivity (Wildman–Crippen MR) is 159 cm³/mol. The van der Waals surface area contributed by atoms with Crippen LogP contribution in [0, 0.1) is 0 Å². The van der Waals surface area contributed by atoms with Gasteiger partial charge in [-0.05, 0) is 75.7 Å². The molecule has 0 radical (unpaired) electrons. The van der Waals surface area contributed by atoms with Gasteiger partial charge in [-0.2, -0.15) is 0 Å². The second-order valence-corrected chi connectivity index (χ2v) is 13.7. The molecule has 3 aromatic carbocycles. The number of anilines is 1. The van der Waals surface area contributed by atoms with E-state index >= 15 is 0 Å². The van der Waals surface area contributed by atoms with Crippen molar-refractivity contribution < 1.29 is 18.0 Å². The van der Waals surface area contributed by atoms with Crippen molar-refractivity contribution in [1.29, 1.82) is 0 Å². The Kier molecular flexibility index (Phi) is 10.1. The normalized spacial score (nSPS) is 12.5. The van der Waals surface area contributed by atoms with Crippen LogP contribution in [0.2, 0.25) is 10.0 Å². The largest absolute Gasteiger partial charge is 0.350 e. The number of hydrogen-bond donors (Lipinski definition) is 1. The molecule has 11 heteroatoms. The maximum absolute atomic E-state index is 13.9. The highest BCUT2D eigenvalue weighted by atomic mass is 79.9. The molecule has 1 N–H and O–H groups in total. The average molecular weight is 655 g/mol. The van der Waals surface area contributed by atoms with Crippen LogP contribution < -0.4 is 9.62 Å². The van der Waals surface area contributed by atoms with E-state index in [2.05, 4.69) is 21.2 Å². The van der Waals surface area contributed by atoms with Crippen LogP contribution in [0.4, 0.5) is 5.69 Å². The van der Waals surface area contributed by atoms with Gasteiger partial charge in [-0.3, -0.25) is 13.9 Å². The van der Waals surface area contributed by atoms with E-state index in [0.717, 1.165) is 14.3 Å². The third-order valence-electron chi connectivity index (χ3n) is 5.65. The summed E-state index contributed by atoms with van der Waals surface area (Å²) in [6.45, 7) is 6.63. The zero-order chi connectivity index (χ0) is 29.0. The number of hydrogen-bond acceptors (Lipinski definition) is 4. The number of nitrogens with one attached hydrogen (secondary N) is 1. The van der Waals surface area contributed by atoms with E-state index in [1.54, 1.807) is 25.1 Å². The third kappa shape index (κ3) is 8.45. The molecular weight excluding hydrogens is 625 g/mol. The maximum atomic E-state index is 13.9. The van der Waals surface area contributed by atoms with Gasteiger partial charge in [-0.15, -0.1) is 0 Å². The monoisotopic (exact) mass is 653 g/mol. The van der Waals surface area contributed by atoms with Crippen molar-refractivity contribution in [3.05, 3.63) is 92.9 Å². The third-order valence-corrected chi connectivity index (χ3v) is 8.37. The van der Waals surface area contributed by atoms with Crippen molar-refractivity contribution in [2.24, 2.45) is 0 Å². The van der Waals surface area contributed by atoms with E-state index in [1.807, 2.05) is 45.0 Å². The number of carbonyl (C=O) groups excluding carboxylic acids is 2. The van der Waals surface area contributed by atoms with E-state index in [4.69, 9.17) is 23.2 Å². The van der Waals surface area contributed by atoms with Crippen molar-refractivity contribution >= 4 is 66.7 Å². The van der Waals surface area contributed by atoms with Crippen LogP contribution in [0.25, 0.3) is 0 Å². The number of halogens is 3. The second kappa shape index (κ2) is 12.7. The molecule has 39 heavy (non-hydrogen) atoms. The van der Waals surface area contributed by atoms with Gasteiger partial charge in [0.1, 0.15) is 12.6 Å². The van der Waals surface area contributed by atoms with E-state index in [-0.39, 0.29) is 33.1 Å². The number of nitrogens with zero attached hydrogens (tertiary/aromatic N) is 2. The van der Waals surface area contributed by atoms with Crippen molar-refractivity contribution in [2.75, 3.05) is 10.8 Å². The molecule has 2 amide bonds. The molecule has 208 valence electrons. The fourth-order valence-corrected chi connectivity index (χ4v) is 6.20. The highest BCUT2D eigenvalue weighted by Gasteiger charge is 2.33. The SMILES string of the molecule is CC(C(=O)NC(C)(C)C)N(Cc1cccc(Br)c1)C(=O)CN(c1cc(Cl)cc(Cl)c1)S(=O)(=O)c1ccccc1. The minimum atomic E-state index is -4.21. The Hall–Kier alpha value is -2.59. The molecule has 1 unspecified atom stereocenters. The second-order valence-electron chi connectivity index (χ2n) is 10.0. The van der Waals surface area contributed by atoms with E-state index < -0.39 is 34.1 Å². The average Bonchev–Trinajstić information content (AvgIpc) is 2.84. The number of carbonyl (C=O) groups is 2. The lowest BCUT2D eigenvalue weighted by Crippen LogP contribution is -2.54. The summed E-state index contributed by atoms with van der Waals surface area (Å²) in [5.74, 6) is -0.948. The fraction of sp³-hybridized carbons (Fsp3) is 0.286. The summed E-state index contributed by atoms with van der Waals surface area (Å²) in [5.41, 5.74) is 0.353. The van der Waals surface area contributed by atoms with Crippen molar-refractivity contribution in [1.82, 2.24) is 10.2 Å². The van der Waals surface area contributed by atoms with Crippen molar-refractivity contribution in [3.63, 3.8) is 0 Å². The Bertz CT molecular complexity index is 1430.